The van der Waals surface area contributed by atoms with E-state index in [0.29, 0.717) is 11.4 Å². The van der Waals surface area contributed by atoms with E-state index in [4.69, 9.17) is 0 Å². The predicted molar refractivity (Wildman–Crippen MR) is 104 cm³/mol. The van der Waals surface area contributed by atoms with E-state index in [9.17, 15) is 4.79 Å². The Morgan fingerprint density at radius 1 is 1.12 bits per heavy atom. The van der Waals surface area contributed by atoms with Crippen molar-refractivity contribution < 1.29 is 4.79 Å². The lowest BCUT2D eigenvalue weighted by Gasteiger charge is -2.03. The summed E-state index contributed by atoms with van der Waals surface area (Å²) in [5.41, 5.74) is 6.59. The Balaban J connectivity index is 1.61. The molecule has 4 aromatic rings. The van der Waals surface area contributed by atoms with Gasteiger partial charge in [-0.05, 0) is 42.3 Å². The molecule has 0 radical (unpaired) electrons. The maximum Gasteiger partial charge on any atom is 0.290 e. The molecule has 0 saturated heterocycles. The van der Waals surface area contributed by atoms with Gasteiger partial charge in [0.25, 0.3) is 5.91 Å². The fraction of sp³-hybridized carbons (Fsp3) is 0.0952. The second-order valence-electron chi connectivity index (χ2n) is 6.25. The Bertz CT molecular complexity index is 1150. The Kier molecular flexibility index (Phi) is 3.97. The van der Waals surface area contributed by atoms with E-state index in [-0.39, 0.29) is 5.91 Å². The van der Waals surface area contributed by atoms with Crippen LogP contribution in [0.15, 0.2) is 65.9 Å². The van der Waals surface area contributed by atoms with Crippen molar-refractivity contribution >= 4 is 28.5 Å². The van der Waals surface area contributed by atoms with Crippen molar-refractivity contribution in [3.8, 4) is 0 Å². The van der Waals surface area contributed by atoms with Crippen LogP contribution in [-0.4, -0.2) is 21.5 Å². The Morgan fingerprint density at radius 2 is 1.92 bits per heavy atom. The number of hydrogen-bond donors (Lipinski definition) is 1. The molecule has 2 heterocycles. The van der Waals surface area contributed by atoms with Crippen LogP contribution in [0.2, 0.25) is 0 Å². The lowest BCUT2D eigenvalue weighted by Crippen LogP contribution is -2.20. The number of fused-ring (bicyclic) bond motifs is 2. The molecule has 0 atom stereocenters. The number of rotatable bonds is 3. The first-order chi connectivity index (χ1) is 12.6. The normalized spacial score (nSPS) is 11.5. The monoisotopic (exact) mass is 342 g/mol. The molecule has 128 valence electrons. The molecule has 4 rings (SSSR count). The Hall–Kier alpha value is -3.47. The van der Waals surface area contributed by atoms with Crippen molar-refractivity contribution in [3.63, 3.8) is 0 Å². The van der Waals surface area contributed by atoms with Gasteiger partial charge in [0.2, 0.25) is 0 Å². The molecule has 5 nitrogen and oxygen atoms in total. The number of hydrogen-bond acceptors (Lipinski definition) is 3. The second kappa shape index (κ2) is 6.44. The summed E-state index contributed by atoms with van der Waals surface area (Å²) in [4.78, 5) is 17.0. The summed E-state index contributed by atoms with van der Waals surface area (Å²) >= 11 is 0. The minimum atomic E-state index is -0.282. The van der Waals surface area contributed by atoms with Gasteiger partial charge in [-0.3, -0.25) is 9.20 Å². The predicted octanol–water partition coefficient (Wildman–Crippen LogP) is 3.87. The molecule has 0 spiro atoms. The maximum atomic E-state index is 12.6. The minimum absolute atomic E-state index is 0.282. The van der Waals surface area contributed by atoms with Crippen LogP contribution in [0.4, 0.5) is 0 Å². The zero-order chi connectivity index (χ0) is 18.1. The number of imidazole rings is 1. The van der Waals surface area contributed by atoms with E-state index in [2.05, 4.69) is 27.6 Å². The molecule has 0 unspecified atom stereocenters. The van der Waals surface area contributed by atoms with Crippen LogP contribution in [0, 0.1) is 13.8 Å². The molecule has 0 aliphatic rings. The number of carbonyl (C=O) groups is 1. The highest BCUT2D eigenvalue weighted by atomic mass is 16.2. The third kappa shape index (κ3) is 2.84. The number of benzene rings is 2. The van der Waals surface area contributed by atoms with Crippen LogP contribution < -0.4 is 5.43 Å². The molecule has 0 aliphatic heterocycles. The van der Waals surface area contributed by atoms with Crippen LogP contribution in [0.25, 0.3) is 16.4 Å². The SMILES string of the molecule is Cc1ccn2c(C(=O)NN=Cc3cccc4ccccc34)c(C)nc2c1. The number of nitrogens with zero attached hydrogens (tertiary/aromatic N) is 3. The first-order valence-corrected chi connectivity index (χ1v) is 8.40. The quantitative estimate of drug-likeness (QED) is 0.454. The van der Waals surface area contributed by atoms with Crippen molar-refractivity contribution in [2.24, 2.45) is 5.10 Å². The van der Waals surface area contributed by atoms with Crippen molar-refractivity contribution in [3.05, 3.63) is 83.3 Å². The fourth-order valence-corrected chi connectivity index (χ4v) is 3.11. The summed E-state index contributed by atoms with van der Waals surface area (Å²) in [7, 11) is 0. The third-order valence-electron chi connectivity index (χ3n) is 4.36. The van der Waals surface area contributed by atoms with Gasteiger partial charge in [0.1, 0.15) is 11.3 Å². The highest BCUT2D eigenvalue weighted by Crippen LogP contribution is 2.17. The van der Waals surface area contributed by atoms with Gasteiger partial charge in [0.05, 0.1) is 11.9 Å². The number of aromatic nitrogens is 2. The molecule has 2 aromatic heterocycles. The van der Waals surface area contributed by atoms with Crippen molar-refractivity contribution in [2.75, 3.05) is 0 Å². The third-order valence-corrected chi connectivity index (χ3v) is 4.36. The van der Waals surface area contributed by atoms with Crippen LogP contribution in [0.5, 0.6) is 0 Å². The van der Waals surface area contributed by atoms with E-state index < -0.39 is 0 Å². The topological polar surface area (TPSA) is 58.8 Å². The van der Waals surface area contributed by atoms with Gasteiger partial charge in [-0.15, -0.1) is 0 Å². The lowest BCUT2D eigenvalue weighted by atomic mass is 10.1. The number of pyridine rings is 1. The molecular formula is C21H18N4O. The van der Waals surface area contributed by atoms with Gasteiger partial charge < -0.3 is 0 Å². The molecule has 0 aliphatic carbocycles. The molecule has 1 N–H and O–H groups in total. The van der Waals surface area contributed by atoms with E-state index in [1.54, 1.807) is 10.6 Å². The number of amides is 1. The zero-order valence-corrected chi connectivity index (χ0v) is 14.6. The summed E-state index contributed by atoms with van der Waals surface area (Å²) < 4.78 is 1.78. The number of carbonyl (C=O) groups excluding carboxylic acids is 1. The van der Waals surface area contributed by atoms with Crippen molar-refractivity contribution in [1.82, 2.24) is 14.8 Å². The maximum absolute atomic E-state index is 12.6. The van der Waals surface area contributed by atoms with Gasteiger partial charge >= 0.3 is 0 Å². The summed E-state index contributed by atoms with van der Waals surface area (Å²) in [6, 6.07) is 18.0. The Labute approximate surface area is 151 Å². The zero-order valence-electron chi connectivity index (χ0n) is 14.6. The van der Waals surface area contributed by atoms with E-state index in [1.165, 1.54) is 0 Å². The highest BCUT2D eigenvalue weighted by Gasteiger charge is 2.16. The van der Waals surface area contributed by atoms with Crippen LogP contribution in [0.3, 0.4) is 0 Å². The largest absolute Gasteiger partial charge is 0.295 e. The average molecular weight is 342 g/mol. The highest BCUT2D eigenvalue weighted by molar-refractivity contribution is 6.00. The average Bonchev–Trinajstić information content (AvgIpc) is 2.96. The second-order valence-corrected chi connectivity index (χ2v) is 6.25. The van der Waals surface area contributed by atoms with Gasteiger partial charge in [-0.2, -0.15) is 5.10 Å². The molecule has 0 bridgehead atoms. The molecule has 0 fully saturated rings. The number of hydrazone groups is 1. The smallest absolute Gasteiger partial charge is 0.290 e. The van der Waals surface area contributed by atoms with Crippen LogP contribution in [-0.2, 0) is 0 Å². The lowest BCUT2D eigenvalue weighted by molar-refractivity contribution is 0.0948. The summed E-state index contributed by atoms with van der Waals surface area (Å²) in [5.74, 6) is -0.282. The number of nitrogens with one attached hydrogen (secondary N) is 1. The standard InChI is InChI=1S/C21H18N4O/c1-14-10-11-25-19(12-14)23-15(2)20(25)21(26)24-22-13-17-8-5-7-16-6-3-4-9-18(16)17/h3-13H,1-2H3,(H,24,26). The first-order valence-electron chi connectivity index (χ1n) is 8.40. The molecular weight excluding hydrogens is 324 g/mol. The first kappa shape index (κ1) is 16.0. The van der Waals surface area contributed by atoms with Crippen LogP contribution in [0.1, 0.15) is 27.3 Å². The summed E-state index contributed by atoms with van der Waals surface area (Å²) in [6.07, 6.45) is 3.52. The van der Waals surface area contributed by atoms with E-state index in [0.717, 1.165) is 27.5 Å². The van der Waals surface area contributed by atoms with Gasteiger partial charge in [0, 0.05) is 11.8 Å². The fourth-order valence-electron chi connectivity index (χ4n) is 3.11. The molecule has 5 heteroatoms. The van der Waals surface area contributed by atoms with Gasteiger partial charge in [-0.25, -0.2) is 10.4 Å². The minimum Gasteiger partial charge on any atom is -0.295 e. The Morgan fingerprint density at radius 3 is 2.81 bits per heavy atom. The molecule has 0 saturated carbocycles. The van der Waals surface area contributed by atoms with Crippen molar-refractivity contribution in [2.45, 2.75) is 13.8 Å². The summed E-state index contributed by atoms with van der Waals surface area (Å²) in [6.45, 7) is 3.82. The van der Waals surface area contributed by atoms with Gasteiger partial charge in [0.15, 0.2) is 0 Å². The molecule has 2 aromatic carbocycles. The van der Waals surface area contributed by atoms with Gasteiger partial charge in [-0.1, -0.05) is 42.5 Å². The van der Waals surface area contributed by atoms with Crippen molar-refractivity contribution in [1.29, 1.82) is 0 Å². The summed E-state index contributed by atoms with van der Waals surface area (Å²) in [5, 5.41) is 6.37. The molecule has 26 heavy (non-hydrogen) atoms. The van der Waals surface area contributed by atoms with E-state index in [1.807, 2.05) is 62.5 Å². The van der Waals surface area contributed by atoms with Crippen LogP contribution >= 0.6 is 0 Å². The van der Waals surface area contributed by atoms with E-state index >= 15 is 0 Å². The number of aryl methyl sites for hydroxylation is 2. The molecule has 1 amide bonds.